The summed E-state index contributed by atoms with van der Waals surface area (Å²) in [5, 5.41) is 5.65. The van der Waals surface area contributed by atoms with Crippen LogP contribution in [0.3, 0.4) is 0 Å². The Morgan fingerprint density at radius 2 is 1.96 bits per heavy atom. The van der Waals surface area contributed by atoms with Crippen LogP contribution in [-0.4, -0.2) is 38.6 Å². The molecule has 1 aromatic rings. The van der Waals surface area contributed by atoms with Crippen molar-refractivity contribution >= 4 is 29.5 Å². The summed E-state index contributed by atoms with van der Waals surface area (Å²) in [7, 11) is 1.52. The highest BCUT2D eigenvalue weighted by Gasteiger charge is 2.10. The van der Waals surface area contributed by atoms with Crippen molar-refractivity contribution in [1.29, 1.82) is 0 Å². The van der Waals surface area contributed by atoms with Crippen LogP contribution in [0.5, 0.6) is 11.5 Å². The van der Waals surface area contributed by atoms with Crippen LogP contribution in [0.4, 0.5) is 0 Å². The molecule has 0 spiro atoms. The Morgan fingerprint density at radius 1 is 1.26 bits per heavy atom. The molecule has 0 radical (unpaired) electrons. The molecule has 0 aliphatic carbocycles. The van der Waals surface area contributed by atoms with Gasteiger partial charge < -0.3 is 20.1 Å². The molecule has 0 aliphatic rings. The average Bonchev–Trinajstić information content (AvgIpc) is 2.49. The summed E-state index contributed by atoms with van der Waals surface area (Å²) in [4.78, 5) is 22.4. The third kappa shape index (κ3) is 6.61. The van der Waals surface area contributed by atoms with E-state index >= 15 is 0 Å². The van der Waals surface area contributed by atoms with Crippen molar-refractivity contribution < 1.29 is 19.1 Å². The fourth-order valence-electron chi connectivity index (χ4n) is 1.80. The second-order valence-corrected chi connectivity index (χ2v) is 4.98. The molecule has 0 aromatic heterocycles. The third-order valence-electron chi connectivity index (χ3n) is 2.76. The lowest BCUT2D eigenvalue weighted by molar-refractivity contribution is -0.119. The van der Waals surface area contributed by atoms with Crippen LogP contribution in [0.25, 0.3) is 6.08 Å². The Kier molecular flexibility index (Phi) is 7.97. The van der Waals surface area contributed by atoms with E-state index in [9.17, 15) is 9.59 Å². The summed E-state index contributed by atoms with van der Waals surface area (Å²) in [5.41, 5.74) is 0.719. The van der Waals surface area contributed by atoms with Crippen LogP contribution >= 0.6 is 11.6 Å². The Labute approximate surface area is 140 Å². The van der Waals surface area contributed by atoms with Crippen molar-refractivity contribution in [1.82, 2.24) is 10.6 Å². The predicted molar refractivity (Wildman–Crippen MR) is 89.9 cm³/mol. The number of amides is 2. The third-order valence-corrected chi connectivity index (χ3v) is 3.04. The van der Waals surface area contributed by atoms with Gasteiger partial charge in [0, 0.05) is 26.1 Å². The molecule has 0 fully saturated rings. The average molecular weight is 341 g/mol. The molecule has 0 saturated carbocycles. The van der Waals surface area contributed by atoms with Gasteiger partial charge in [-0.15, -0.1) is 0 Å². The van der Waals surface area contributed by atoms with Gasteiger partial charge in [0.2, 0.25) is 11.8 Å². The van der Waals surface area contributed by atoms with Crippen molar-refractivity contribution in [3.8, 4) is 11.5 Å². The van der Waals surface area contributed by atoms with Crippen molar-refractivity contribution in [2.45, 2.75) is 13.8 Å². The predicted octanol–water partition coefficient (Wildman–Crippen LogP) is 2.01. The van der Waals surface area contributed by atoms with E-state index in [4.69, 9.17) is 21.1 Å². The van der Waals surface area contributed by atoms with Gasteiger partial charge in [0.1, 0.15) is 0 Å². The van der Waals surface area contributed by atoms with Crippen molar-refractivity contribution in [2.75, 3.05) is 26.8 Å². The molecule has 23 heavy (non-hydrogen) atoms. The Bertz CT molecular complexity index is 588. The molecule has 0 heterocycles. The van der Waals surface area contributed by atoms with Crippen molar-refractivity contribution in [2.24, 2.45) is 0 Å². The van der Waals surface area contributed by atoms with E-state index in [0.29, 0.717) is 36.2 Å². The molecule has 2 N–H and O–H groups in total. The first kappa shape index (κ1) is 18.8. The van der Waals surface area contributed by atoms with Crippen LogP contribution in [-0.2, 0) is 9.59 Å². The first-order valence-electron chi connectivity index (χ1n) is 7.18. The Balaban J connectivity index is 2.68. The molecule has 1 rings (SSSR count). The smallest absolute Gasteiger partial charge is 0.244 e. The molecule has 0 unspecified atom stereocenters. The number of carbonyl (C=O) groups excluding carboxylic acids is 2. The summed E-state index contributed by atoms with van der Waals surface area (Å²) < 4.78 is 10.7. The van der Waals surface area contributed by atoms with Gasteiger partial charge in [0.15, 0.2) is 11.5 Å². The summed E-state index contributed by atoms with van der Waals surface area (Å²) in [6.45, 7) is 4.50. The zero-order chi connectivity index (χ0) is 17.2. The molecule has 0 saturated heterocycles. The zero-order valence-corrected chi connectivity index (χ0v) is 14.2. The number of methoxy groups -OCH3 is 1. The van der Waals surface area contributed by atoms with E-state index in [2.05, 4.69) is 10.6 Å². The second kappa shape index (κ2) is 9.74. The summed E-state index contributed by atoms with van der Waals surface area (Å²) in [5.74, 6) is 0.588. The van der Waals surface area contributed by atoms with E-state index < -0.39 is 0 Å². The van der Waals surface area contributed by atoms with Gasteiger partial charge in [-0.3, -0.25) is 9.59 Å². The number of hydrogen-bond acceptors (Lipinski definition) is 4. The number of halogens is 1. The summed E-state index contributed by atoms with van der Waals surface area (Å²) >= 11 is 6.14. The SMILES string of the molecule is CCOc1cc(C=CC(=O)NCCNC(C)=O)cc(Cl)c1OC. The van der Waals surface area contributed by atoms with Crippen molar-refractivity contribution in [3.63, 3.8) is 0 Å². The molecule has 0 atom stereocenters. The summed E-state index contributed by atoms with van der Waals surface area (Å²) in [6, 6.07) is 3.43. The van der Waals surface area contributed by atoms with Crippen LogP contribution in [0.1, 0.15) is 19.4 Å². The Morgan fingerprint density at radius 3 is 2.57 bits per heavy atom. The quantitative estimate of drug-likeness (QED) is 0.560. The number of carbonyl (C=O) groups is 2. The lowest BCUT2D eigenvalue weighted by atomic mass is 10.2. The largest absolute Gasteiger partial charge is 0.491 e. The first-order valence-corrected chi connectivity index (χ1v) is 7.56. The van der Waals surface area contributed by atoms with E-state index in [1.807, 2.05) is 6.92 Å². The maximum Gasteiger partial charge on any atom is 0.244 e. The van der Waals surface area contributed by atoms with Gasteiger partial charge in [0.05, 0.1) is 18.7 Å². The van der Waals surface area contributed by atoms with E-state index in [1.165, 1.54) is 20.1 Å². The van der Waals surface area contributed by atoms with Gasteiger partial charge in [-0.05, 0) is 30.7 Å². The highest BCUT2D eigenvalue weighted by molar-refractivity contribution is 6.32. The molecule has 1 aromatic carbocycles. The number of hydrogen-bond donors (Lipinski definition) is 2. The molecular weight excluding hydrogens is 320 g/mol. The minimum Gasteiger partial charge on any atom is -0.491 e. The number of benzene rings is 1. The molecule has 0 bridgehead atoms. The standard InChI is InChI=1S/C16H21ClN2O4/c1-4-23-14-10-12(9-13(17)16(14)22-3)5-6-15(21)19-8-7-18-11(2)20/h5-6,9-10H,4,7-8H2,1-3H3,(H,18,20)(H,19,21). The topological polar surface area (TPSA) is 76.7 Å². The van der Waals surface area contributed by atoms with Crippen LogP contribution in [0.15, 0.2) is 18.2 Å². The minimum atomic E-state index is -0.264. The van der Waals surface area contributed by atoms with Crippen LogP contribution < -0.4 is 20.1 Å². The molecule has 2 amide bonds. The molecular formula is C16H21ClN2O4. The monoisotopic (exact) mass is 340 g/mol. The lowest BCUT2D eigenvalue weighted by Gasteiger charge is -2.11. The zero-order valence-electron chi connectivity index (χ0n) is 13.4. The fourth-order valence-corrected chi connectivity index (χ4v) is 2.10. The molecule has 126 valence electrons. The minimum absolute atomic E-state index is 0.133. The molecule has 0 aliphatic heterocycles. The normalized spacial score (nSPS) is 10.4. The van der Waals surface area contributed by atoms with Gasteiger partial charge in [0.25, 0.3) is 0 Å². The van der Waals surface area contributed by atoms with Gasteiger partial charge in [-0.2, -0.15) is 0 Å². The van der Waals surface area contributed by atoms with E-state index in [-0.39, 0.29) is 11.8 Å². The van der Waals surface area contributed by atoms with Gasteiger partial charge >= 0.3 is 0 Å². The number of rotatable bonds is 8. The first-order chi connectivity index (χ1) is 11.0. The molecule has 6 nitrogen and oxygen atoms in total. The maximum absolute atomic E-state index is 11.7. The number of ether oxygens (including phenoxy) is 2. The second-order valence-electron chi connectivity index (χ2n) is 4.57. The summed E-state index contributed by atoms with van der Waals surface area (Å²) in [6.07, 6.45) is 3.02. The maximum atomic E-state index is 11.7. The lowest BCUT2D eigenvalue weighted by Crippen LogP contribution is -2.32. The highest BCUT2D eigenvalue weighted by atomic mass is 35.5. The fraction of sp³-hybridized carbons (Fsp3) is 0.375. The van der Waals surface area contributed by atoms with E-state index in [1.54, 1.807) is 18.2 Å². The van der Waals surface area contributed by atoms with Crippen LogP contribution in [0, 0.1) is 0 Å². The van der Waals surface area contributed by atoms with Crippen molar-refractivity contribution in [3.05, 3.63) is 28.8 Å². The molecule has 7 heteroatoms. The number of nitrogens with one attached hydrogen (secondary N) is 2. The highest BCUT2D eigenvalue weighted by Crippen LogP contribution is 2.36. The van der Waals surface area contributed by atoms with E-state index in [0.717, 1.165) is 5.56 Å². The van der Waals surface area contributed by atoms with Gasteiger partial charge in [-0.1, -0.05) is 11.6 Å². The van der Waals surface area contributed by atoms with Gasteiger partial charge in [-0.25, -0.2) is 0 Å². The Hall–Kier alpha value is -2.21. The van der Waals surface area contributed by atoms with Crippen LogP contribution in [0.2, 0.25) is 5.02 Å².